The van der Waals surface area contributed by atoms with Crippen LogP contribution in [0.15, 0.2) is 18.2 Å². The molecule has 0 saturated carbocycles. The molecule has 0 radical (unpaired) electrons. The first-order valence-electron chi connectivity index (χ1n) is 7.29. The molecule has 118 valence electrons. The average molecular weight is 296 g/mol. The van der Waals surface area contributed by atoms with E-state index in [-0.39, 0.29) is 5.69 Å². The smallest absolute Gasteiger partial charge is 0.273 e. The van der Waals surface area contributed by atoms with E-state index in [1.54, 1.807) is 6.07 Å². The fourth-order valence-electron chi connectivity index (χ4n) is 2.14. The molecule has 1 aromatic rings. The van der Waals surface area contributed by atoms with E-state index in [0.717, 1.165) is 32.5 Å². The maximum absolute atomic E-state index is 10.8. The molecule has 0 aromatic heterocycles. The van der Waals surface area contributed by atoms with Gasteiger partial charge in [0, 0.05) is 12.6 Å². The van der Waals surface area contributed by atoms with Gasteiger partial charge in [0.1, 0.15) is 6.61 Å². The van der Waals surface area contributed by atoms with Gasteiger partial charge in [-0.25, -0.2) is 0 Å². The van der Waals surface area contributed by atoms with Crippen LogP contribution in [-0.4, -0.2) is 43.2 Å². The number of ether oxygens (including phenoxy) is 2. The molecule has 0 aliphatic rings. The molecule has 0 heterocycles. The summed E-state index contributed by atoms with van der Waals surface area (Å²) in [6, 6.07) is 4.37. The second-order valence-electron chi connectivity index (χ2n) is 4.78. The summed E-state index contributed by atoms with van der Waals surface area (Å²) in [5, 5.41) is 10.8. The number of benzene rings is 1. The monoisotopic (exact) mass is 296 g/mol. The van der Waals surface area contributed by atoms with Gasteiger partial charge in [0.25, 0.3) is 5.69 Å². The fourth-order valence-corrected chi connectivity index (χ4v) is 2.14. The van der Waals surface area contributed by atoms with E-state index >= 15 is 0 Å². The highest BCUT2D eigenvalue weighted by molar-refractivity contribution is 5.48. The van der Waals surface area contributed by atoms with E-state index in [9.17, 15) is 10.1 Å². The minimum Gasteiger partial charge on any atom is -0.493 e. The van der Waals surface area contributed by atoms with Crippen LogP contribution in [0.3, 0.4) is 0 Å². The van der Waals surface area contributed by atoms with Crippen molar-refractivity contribution < 1.29 is 14.4 Å². The normalized spacial score (nSPS) is 10.7. The van der Waals surface area contributed by atoms with Crippen LogP contribution in [0.1, 0.15) is 26.7 Å². The highest BCUT2D eigenvalue weighted by Crippen LogP contribution is 2.31. The lowest BCUT2D eigenvalue weighted by molar-refractivity contribution is -0.385. The summed E-state index contributed by atoms with van der Waals surface area (Å²) >= 11 is 0. The van der Waals surface area contributed by atoms with E-state index in [1.807, 2.05) is 0 Å². The molecule has 0 aliphatic carbocycles. The lowest BCUT2D eigenvalue weighted by atomic mass is 10.3. The van der Waals surface area contributed by atoms with Crippen LogP contribution in [0.25, 0.3) is 0 Å². The van der Waals surface area contributed by atoms with Crippen LogP contribution < -0.4 is 9.47 Å². The number of nitrogens with zero attached hydrogens (tertiary/aromatic N) is 2. The molecule has 0 unspecified atom stereocenters. The molecular formula is C15H24N2O4. The number of hydrogen-bond acceptors (Lipinski definition) is 5. The number of methoxy groups -OCH3 is 1. The van der Waals surface area contributed by atoms with Crippen molar-refractivity contribution in [3.8, 4) is 11.5 Å². The van der Waals surface area contributed by atoms with Gasteiger partial charge in [-0.1, -0.05) is 13.8 Å². The molecule has 6 heteroatoms. The Hall–Kier alpha value is -1.82. The molecule has 0 atom stereocenters. The van der Waals surface area contributed by atoms with Gasteiger partial charge < -0.3 is 9.47 Å². The number of non-ortho nitro benzene ring substituents is 1. The Morgan fingerprint density at radius 3 is 2.33 bits per heavy atom. The van der Waals surface area contributed by atoms with Crippen molar-refractivity contribution >= 4 is 5.69 Å². The highest BCUT2D eigenvalue weighted by Gasteiger charge is 2.13. The van der Waals surface area contributed by atoms with E-state index in [2.05, 4.69) is 18.7 Å². The third-order valence-corrected chi connectivity index (χ3v) is 3.10. The third kappa shape index (κ3) is 5.59. The molecular weight excluding hydrogens is 272 g/mol. The van der Waals surface area contributed by atoms with Crippen molar-refractivity contribution in [2.75, 3.05) is 33.4 Å². The molecule has 0 N–H and O–H groups in total. The Balaban J connectivity index is 2.64. The van der Waals surface area contributed by atoms with Crippen molar-refractivity contribution in [2.24, 2.45) is 0 Å². The zero-order valence-corrected chi connectivity index (χ0v) is 13.0. The lowest BCUT2D eigenvalue weighted by Crippen LogP contribution is -2.30. The molecule has 21 heavy (non-hydrogen) atoms. The molecule has 1 rings (SSSR count). The van der Waals surface area contributed by atoms with Crippen LogP contribution in [0.4, 0.5) is 5.69 Å². The summed E-state index contributed by atoms with van der Waals surface area (Å²) in [4.78, 5) is 12.7. The molecule has 0 aliphatic heterocycles. The predicted molar refractivity (Wildman–Crippen MR) is 82.2 cm³/mol. The van der Waals surface area contributed by atoms with Crippen LogP contribution in [0.2, 0.25) is 0 Å². The van der Waals surface area contributed by atoms with E-state index < -0.39 is 4.92 Å². The summed E-state index contributed by atoms with van der Waals surface area (Å²) in [7, 11) is 1.52. The van der Waals surface area contributed by atoms with Crippen molar-refractivity contribution in [1.82, 2.24) is 4.90 Å². The van der Waals surface area contributed by atoms with E-state index in [4.69, 9.17) is 9.47 Å². The van der Waals surface area contributed by atoms with E-state index in [1.165, 1.54) is 19.2 Å². The second-order valence-corrected chi connectivity index (χ2v) is 4.78. The van der Waals surface area contributed by atoms with Crippen LogP contribution in [0.5, 0.6) is 11.5 Å². The zero-order chi connectivity index (χ0) is 15.7. The predicted octanol–water partition coefficient (Wildman–Crippen LogP) is 3.10. The summed E-state index contributed by atoms with van der Waals surface area (Å²) in [5.41, 5.74) is 0.00442. The quantitative estimate of drug-likeness (QED) is 0.490. The SMILES string of the molecule is CCCN(CCC)CCOc1cc([N+](=O)[O-])ccc1OC. The number of nitro groups is 1. The first-order valence-corrected chi connectivity index (χ1v) is 7.29. The second kappa shape index (κ2) is 9.18. The van der Waals surface area contributed by atoms with Crippen molar-refractivity contribution in [3.63, 3.8) is 0 Å². The number of nitro benzene ring substituents is 1. The van der Waals surface area contributed by atoms with Gasteiger partial charge in [0.05, 0.1) is 18.1 Å². The average Bonchev–Trinajstić information content (AvgIpc) is 2.47. The van der Waals surface area contributed by atoms with Crippen LogP contribution in [0, 0.1) is 10.1 Å². The van der Waals surface area contributed by atoms with E-state index in [0.29, 0.717) is 18.1 Å². The highest BCUT2D eigenvalue weighted by atomic mass is 16.6. The van der Waals surface area contributed by atoms with Gasteiger partial charge in [-0.05, 0) is 32.0 Å². The molecule has 0 spiro atoms. The maximum atomic E-state index is 10.8. The minimum absolute atomic E-state index is 0.00442. The molecule has 0 bridgehead atoms. The van der Waals surface area contributed by atoms with Gasteiger partial charge in [0.2, 0.25) is 0 Å². The Morgan fingerprint density at radius 1 is 1.14 bits per heavy atom. The van der Waals surface area contributed by atoms with Gasteiger partial charge in [-0.15, -0.1) is 0 Å². The Kier molecular flexibility index (Phi) is 7.53. The summed E-state index contributed by atoms with van der Waals surface area (Å²) in [6.45, 7) is 7.64. The topological polar surface area (TPSA) is 64.8 Å². The maximum Gasteiger partial charge on any atom is 0.273 e. The lowest BCUT2D eigenvalue weighted by Gasteiger charge is -2.21. The van der Waals surface area contributed by atoms with Crippen molar-refractivity contribution in [2.45, 2.75) is 26.7 Å². The van der Waals surface area contributed by atoms with Gasteiger partial charge in [-0.2, -0.15) is 0 Å². The van der Waals surface area contributed by atoms with Crippen LogP contribution in [-0.2, 0) is 0 Å². The third-order valence-electron chi connectivity index (χ3n) is 3.10. The molecule has 6 nitrogen and oxygen atoms in total. The molecule has 0 amide bonds. The molecule has 0 fully saturated rings. The standard InChI is InChI=1S/C15H24N2O4/c1-4-8-16(9-5-2)10-11-21-15-12-13(17(18)19)6-7-14(15)20-3/h6-7,12H,4-5,8-11H2,1-3H3. The fraction of sp³-hybridized carbons (Fsp3) is 0.600. The largest absolute Gasteiger partial charge is 0.493 e. The van der Waals surface area contributed by atoms with Crippen LogP contribution >= 0.6 is 0 Å². The summed E-state index contributed by atoms with van der Waals surface area (Å²) < 4.78 is 10.8. The molecule has 0 saturated heterocycles. The Bertz CT molecular complexity index is 445. The Labute approximate surface area is 125 Å². The summed E-state index contributed by atoms with van der Waals surface area (Å²) in [5.74, 6) is 0.928. The molecule has 1 aromatic carbocycles. The number of rotatable bonds is 10. The zero-order valence-electron chi connectivity index (χ0n) is 13.0. The first kappa shape index (κ1) is 17.2. The van der Waals surface area contributed by atoms with Gasteiger partial charge in [-0.3, -0.25) is 15.0 Å². The van der Waals surface area contributed by atoms with Crippen molar-refractivity contribution in [3.05, 3.63) is 28.3 Å². The summed E-state index contributed by atoms with van der Waals surface area (Å²) in [6.07, 6.45) is 2.19. The number of hydrogen-bond donors (Lipinski definition) is 0. The van der Waals surface area contributed by atoms with Gasteiger partial charge >= 0.3 is 0 Å². The Morgan fingerprint density at radius 2 is 1.81 bits per heavy atom. The van der Waals surface area contributed by atoms with Gasteiger partial charge in [0.15, 0.2) is 11.5 Å². The minimum atomic E-state index is -0.438. The first-order chi connectivity index (χ1) is 10.1. The van der Waals surface area contributed by atoms with Crippen molar-refractivity contribution in [1.29, 1.82) is 0 Å².